The summed E-state index contributed by atoms with van der Waals surface area (Å²) in [4.78, 5) is 25.1. The molecule has 6 nitrogen and oxygen atoms in total. The molecule has 1 aromatic carbocycles. The first kappa shape index (κ1) is 15.3. The van der Waals surface area contributed by atoms with E-state index in [0.717, 1.165) is 12.1 Å². The summed E-state index contributed by atoms with van der Waals surface area (Å²) in [6, 6.07) is 4.73. The maximum atomic E-state index is 12.7. The zero-order valence-corrected chi connectivity index (χ0v) is 12.6. The Kier molecular flexibility index (Phi) is 4.45. The lowest BCUT2D eigenvalue weighted by Gasteiger charge is -2.21. The number of nitro groups is 1. The van der Waals surface area contributed by atoms with E-state index in [1.54, 1.807) is 17.0 Å². The molecule has 2 atom stereocenters. The summed E-state index contributed by atoms with van der Waals surface area (Å²) in [6.07, 6.45) is 0.937. The van der Waals surface area contributed by atoms with Gasteiger partial charge in [-0.1, -0.05) is 6.92 Å². The molecule has 6 heteroatoms. The van der Waals surface area contributed by atoms with E-state index in [2.05, 4.69) is 12.2 Å². The van der Waals surface area contributed by atoms with Crippen molar-refractivity contribution in [1.82, 2.24) is 4.90 Å². The Balaban J connectivity index is 2.37. The van der Waals surface area contributed by atoms with Crippen LogP contribution >= 0.6 is 0 Å². The van der Waals surface area contributed by atoms with Crippen molar-refractivity contribution in [2.75, 3.05) is 18.4 Å². The van der Waals surface area contributed by atoms with Crippen molar-refractivity contribution in [2.24, 2.45) is 5.92 Å². The van der Waals surface area contributed by atoms with Gasteiger partial charge in [-0.05, 0) is 38.3 Å². The lowest BCUT2D eigenvalue weighted by atomic mass is 10.1. The van der Waals surface area contributed by atoms with Gasteiger partial charge in [-0.15, -0.1) is 0 Å². The highest BCUT2D eigenvalue weighted by molar-refractivity contribution is 5.99. The van der Waals surface area contributed by atoms with Crippen LogP contribution in [-0.2, 0) is 0 Å². The average Bonchev–Trinajstić information content (AvgIpc) is 2.77. The zero-order valence-electron chi connectivity index (χ0n) is 12.6. The van der Waals surface area contributed by atoms with Crippen LogP contribution < -0.4 is 5.32 Å². The normalized spacial score (nSPS) is 21.4. The van der Waals surface area contributed by atoms with Crippen LogP contribution in [0.15, 0.2) is 18.2 Å². The van der Waals surface area contributed by atoms with Crippen LogP contribution in [0.4, 0.5) is 11.4 Å². The summed E-state index contributed by atoms with van der Waals surface area (Å²) in [7, 11) is 0. The first-order valence-electron chi connectivity index (χ1n) is 7.27. The van der Waals surface area contributed by atoms with Crippen LogP contribution in [0.25, 0.3) is 0 Å². The Morgan fingerprint density at radius 2 is 2.19 bits per heavy atom. The maximum absolute atomic E-state index is 12.7. The second-order valence-electron chi connectivity index (χ2n) is 5.67. The van der Waals surface area contributed by atoms with Gasteiger partial charge in [0.15, 0.2) is 0 Å². The number of carbonyl (C=O) groups excluding carboxylic acids is 1. The number of hydrogen-bond donors (Lipinski definition) is 1. The molecule has 0 bridgehead atoms. The fraction of sp³-hybridized carbons (Fsp3) is 0.533. The number of benzene rings is 1. The van der Waals surface area contributed by atoms with Gasteiger partial charge in [0.2, 0.25) is 0 Å². The van der Waals surface area contributed by atoms with Crippen molar-refractivity contribution in [3.63, 3.8) is 0 Å². The van der Waals surface area contributed by atoms with E-state index in [9.17, 15) is 14.9 Å². The molecule has 0 saturated carbocycles. The van der Waals surface area contributed by atoms with Gasteiger partial charge >= 0.3 is 0 Å². The first-order valence-corrected chi connectivity index (χ1v) is 7.27. The van der Waals surface area contributed by atoms with Crippen molar-refractivity contribution in [2.45, 2.75) is 33.2 Å². The molecule has 114 valence electrons. The molecule has 0 spiro atoms. The largest absolute Gasteiger partial charge is 0.385 e. The molecule has 1 saturated heterocycles. The minimum atomic E-state index is -0.493. The van der Waals surface area contributed by atoms with Gasteiger partial charge in [0.1, 0.15) is 5.56 Å². The molecule has 21 heavy (non-hydrogen) atoms. The van der Waals surface area contributed by atoms with Gasteiger partial charge in [0.25, 0.3) is 11.6 Å². The minimum absolute atomic E-state index is 0.120. The molecule has 1 aromatic rings. The van der Waals surface area contributed by atoms with Crippen molar-refractivity contribution in [3.8, 4) is 0 Å². The van der Waals surface area contributed by atoms with Crippen molar-refractivity contribution >= 4 is 17.3 Å². The van der Waals surface area contributed by atoms with Crippen LogP contribution in [0.5, 0.6) is 0 Å². The molecule has 0 radical (unpaired) electrons. The third kappa shape index (κ3) is 3.15. The summed E-state index contributed by atoms with van der Waals surface area (Å²) < 4.78 is 0. The lowest BCUT2D eigenvalue weighted by Crippen LogP contribution is -2.34. The number of carbonyl (C=O) groups is 1. The highest BCUT2D eigenvalue weighted by Gasteiger charge is 2.33. The number of rotatable bonds is 4. The highest BCUT2D eigenvalue weighted by Crippen LogP contribution is 2.29. The van der Waals surface area contributed by atoms with Crippen LogP contribution in [0, 0.1) is 16.0 Å². The van der Waals surface area contributed by atoms with Crippen molar-refractivity contribution in [1.29, 1.82) is 0 Å². The molecule has 1 aliphatic rings. The fourth-order valence-corrected chi connectivity index (χ4v) is 2.92. The summed E-state index contributed by atoms with van der Waals surface area (Å²) in [6.45, 7) is 7.37. The molecule has 1 N–H and O–H groups in total. The molecule has 0 aliphatic carbocycles. The zero-order chi connectivity index (χ0) is 15.6. The summed E-state index contributed by atoms with van der Waals surface area (Å²) in [5, 5.41) is 14.3. The van der Waals surface area contributed by atoms with Crippen LogP contribution in [-0.4, -0.2) is 34.9 Å². The third-order valence-electron chi connectivity index (χ3n) is 3.85. The lowest BCUT2D eigenvalue weighted by molar-refractivity contribution is -0.385. The van der Waals surface area contributed by atoms with Gasteiger partial charge in [-0.2, -0.15) is 0 Å². The smallest absolute Gasteiger partial charge is 0.282 e. The van der Waals surface area contributed by atoms with Crippen LogP contribution in [0.2, 0.25) is 0 Å². The second kappa shape index (κ2) is 6.11. The average molecular weight is 291 g/mol. The number of anilines is 1. The molecule has 2 unspecified atom stereocenters. The van der Waals surface area contributed by atoms with Crippen molar-refractivity contribution < 1.29 is 9.72 Å². The van der Waals surface area contributed by atoms with E-state index in [0.29, 0.717) is 19.0 Å². The summed E-state index contributed by atoms with van der Waals surface area (Å²) in [5.41, 5.74) is 0.763. The van der Waals surface area contributed by atoms with Gasteiger partial charge < -0.3 is 10.2 Å². The molecule has 1 fully saturated rings. The quantitative estimate of drug-likeness (QED) is 0.683. The van der Waals surface area contributed by atoms with Gasteiger partial charge in [0.05, 0.1) is 4.92 Å². The predicted octanol–water partition coefficient (Wildman–Crippen LogP) is 2.90. The van der Waals surface area contributed by atoms with E-state index in [1.807, 2.05) is 13.8 Å². The molecule has 2 rings (SSSR count). The van der Waals surface area contributed by atoms with Gasteiger partial charge in [-0.25, -0.2) is 0 Å². The number of nitrogens with one attached hydrogen (secondary N) is 1. The highest BCUT2D eigenvalue weighted by atomic mass is 16.6. The number of amides is 1. The Hall–Kier alpha value is -2.11. The standard InChI is InChI=1S/C15H21N3O3/c1-4-16-12-5-6-14(18(20)21)13(8-12)15(19)17-9-10(2)7-11(17)3/h5-6,8,10-11,16H,4,7,9H2,1-3H3. The third-order valence-corrected chi connectivity index (χ3v) is 3.85. The molecule has 1 heterocycles. The summed E-state index contributed by atoms with van der Waals surface area (Å²) >= 11 is 0. The summed E-state index contributed by atoms with van der Waals surface area (Å²) in [5.74, 6) is 0.179. The van der Waals surface area contributed by atoms with E-state index < -0.39 is 4.92 Å². The minimum Gasteiger partial charge on any atom is -0.385 e. The Bertz CT molecular complexity index is 559. The SMILES string of the molecule is CCNc1ccc([N+](=O)[O-])c(C(=O)N2CC(C)CC2C)c1. The topological polar surface area (TPSA) is 75.5 Å². The van der Waals surface area contributed by atoms with Crippen LogP contribution in [0.1, 0.15) is 37.6 Å². The van der Waals surface area contributed by atoms with E-state index in [-0.39, 0.29) is 23.2 Å². The maximum Gasteiger partial charge on any atom is 0.282 e. The Morgan fingerprint density at radius 1 is 1.48 bits per heavy atom. The number of likely N-dealkylation sites (tertiary alicyclic amines) is 1. The van der Waals surface area contributed by atoms with E-state index in [1.165, 1.54) is 6.07 Å². The monoisotopic (exact) mass is 291 g/mol. The molecular weight excluding hydrogens is 270 g/mol. The second-order valence-corrected chi connectivity index (χ2v) is 5.67. The Morgan fingerprint density at radius 3 is 2.71 bits per heavy atom. The van der Waals surface area contributed by atoms with E-state index in [4.69, 9.17) is 0 Å². The number of hydrogen-bond acceptors (Lipinski definition) is 4. The molecule has 0 aromatic heterocycles. The molecule has 1 amide bonds. The van der Waals surface area contributed by atoms with E-state index >= 15 is 0 Å². The predicted molar refractivity (Wildman–Crippen MR) is 81.5 cm³/mol. The first-order chi connectivity index (χ1) is 9.93. The Labute approximate surface area is 124 Å². The number of nitro benzene ring substituents is 1. The molecule has 1 aliphatic heterocycles. The van der Waals surface area contributed by atoms with Crippen LogP contribution in [0.3, 0.4) is 0 Å². The molecular formula is C15H21N3O3. The van der Waals surface area contributed by atoms with Gasteiger partial charge in [0, 0.05) is 30.9 Å². The fourth-order valence-electron chi connectivity index (χ4n) is 2.92. The van der Waals surface area contributed by atoms with Gasteiger partial charge in [-0.3, -0.25) is 14.9 Å². The van der Waals surface area contributed by atoms with Crippen molar-refractivity contribution in [3.05, 3.63) is 33.9 Å². The number of nitrogens with zero attached hydrogens (tertiary/aromatic N) is 2.